The van der Waals surface area contributed by atoms with Gasteiger partial charge in [-0.25, -0.2) is 16.9 Å². The van der Waals surface area contributed by atoms with Crippen molar-refractivity contribution in [3.05, 3.63) is 66.4 Å². The van der Waals surface area contributed by atoms with E-state index in [4.69, 9.17) is 4.74 Å². The van der Waals surface area contributed by atoms with E-state index in [9.17, 15) is 4.79 Å². The predicted octanol–water partition coefficient (Wildman–Crippen LogP) is 3.38. The largest absolute Gasteiger partial charge is 2.00 e. The van der Waals surface area contributed by atoms with Gasteiger partial charge < -0.3 is 4.74 Å². The predicted molar refractivity (Wildman–Crippen MR) is 77.6 cm³/mol. The molecular weight excluding hydrogens is 308 g/mol. The van der Waals surface area contributed by atoms with Gasteiger partial charge in [0.05, 0.1) is 6.61 Å². The summed E-state index contributed by atoms with van der Waals surface area (Å²) >= 11 is 0. The molecule has 0 bridgehead atoms. The number of hydrogen-bond donors (Lipinski definition) is 1. The second kappa shape index (κ2) is 8.95. The Bertz CT molecular complexity index is 595. The van der Waals surface area contributed by atoms with Crippen LogP contribution < -0.4 is 0 Å². The van der Waals surface area contributed by atoms with Gasteiger partial charge in [-0.2, -0.15) is 35.4 Å². The first-order valence-corrected chi connectivity index (χ1v) is 6.42. The Labute approximate surface area is 134 Å². The molecule has 0 saturated heterocycles. The van der Waals surface area contributed by atoms with Crippen molar-refractivity contribution < 1.29 is 26.6 Å². The van der Waals surface area contributed by atoms with Crippen LogP contribution in [0.1, 0.15) is 17.4 Å². The molecule has 0 aliphatic rings. The number of aromatic nitrogens is 2. The van der Waals surface area contributed by atoms with E-state index < -0.39 is 5.97 Å². The minimum atomic E-state index is -0.397. The first kappa shape index (κ1) is 17.0. The van der Waals surface area contributed by atoms with Crippen LogP contribution in [0.25, 0.3) is 11.3 Å². The number of rotatable bonds is 3. The number of hydrogen-bond acceptors (Lipinski definition) is 3. The molecule has 0 fully saturated rings. The van der Waals surface area contributed by atoms with Gasteiger partial charge in [-0.05, 0) is 12.6 Å². The molecule has 4 nitrogen and oxygen atoms in total. The van der Waals surface area contributed by atoms with E-state index in [1.54, 1.807) is 13.0 Å². The molecule has 0 unspecified atom stereocenters. The van der Waals surface area contributed by atoms with Gasteiger partial charge in [0.25, 0.3) is 0 Å². The van der Waals surface area contributed by atoms with Crippen molar-refractivity contribution in [1.29, 1.82) is 0 Å². The molecule has 3 rings (SSSR count). The minimum absolute atomic E-state index is 0. The van der Waals surface area contributed by atoms with Crippen LogP contribution in [0.3, 0.4) is 0 Å². The Balaban J connectivity index is 0.000000313. The number of nitrogens with zero attached hydrogens (tertiary/aromatic N) is 1. The van der Waals surface area contributed by atoms with Crippen LogP contribution in [-0.4, -0.2) is 22.8 Å². The van der Waals surface area contributed by atoms with Crippen LogP contribution in [0, 0.1) is 0 Å². The van der Waals surface area contributed by atoms with Crippen molar-refractivity contribution in [2.45, 2.75) is 6.92 Å². The van der Waals surface area contributed by atoms with Gasteiger partial charge in [0.2, 0.25) is 0 Å². The summed E-state index contributed by atoms with van der Waals surface area (Å²) in [5, 5.41) is 6.69. The fourth-order valence-corrected chi connectivity index (χ4v) is 1.65. The standard InChI is InChI=1S/C11H11N2O2.C5H5.Fe/c1-2-15-11(14)10-7-9(12-13-10)8-5-3-4-6-8;1-2-4-5-3-1;/h3-7H,2H2,1H3,(H,12,13);1-5H;/q2*-1;+2. The molecule has 0 amide bonds. The maximum atomic E-state index is 11.3. The summed E-state index contributed by atoms with van der Waals surface area (Å²) in [6.07, 6.45) is 0. The first-order chi connectivity index (χ1) is 9.81. The number of carbonyl (C=O) groups excluding carboxylic acids is 1. The zero-order chi connectivity index (χ0) is 14.2. The Hall–Kier alpha value is -2.10. The van der Waals surface area contributed by atoms with Crippen LogP contribution in [0.4, 0.5) is 0 Å². The summed E-state index contributed by atoms with van der Waals surface area (Å²) in [6.45, 7) is 2.13. The number of H-pyrrole nitrogens is 1. The SMILES string of the molecule is CCOC(=O)c1cc(-[c-]2cccc2)[nH]n1.[Fe+2].c1cc[cH-]c1. The molecule has 110 valence electrons. The van der Waals surface area contributed by atoms with E-state index in [1.807, 2.05) is 54.6 Å². The first-order valence-electron chi connectivity index (χ1n) is 6.42. The van der Waals surface area contributed by atoms with Gasteiger partial charge in [-0.1, -0.05) is 11.6 Å². The van der Waals surface area contributed by atoms with Crippen molar-refractivity contribution in [2.24, 2.45) is 0 Å². The molecule has 3 aromatic rings. The van der Waals surface area contributed by atoms with Gasteiger partial charge in [-0.3, -0.25) is 5.10 Å². The van der Waals surface area contributed by atoms with Crippen LogP contribution in [-0.2, 0) is 21.8 Å². The van der Waals surface area contributed by atoms with Gasteiger partial charge in [0.1, 0.15) is 5.69 Å². The molecule has 21 heavy (non-hydrogen) atoms. The summed E-state index contributed by atoms with van der Waals surface area (Å²) < 4.78 is 4.84. The monoisotopic (exact) mass is 324 g/mol. The van der Waals surface area contributed by atoms with Crippen LogP contribution in [0.15, 0.2) is 60.7 Å². The maximum Gasteiger partial charge on any atom is 2.00 e. The average molecular weight is 324 g/mol. The number of esters is 1. The summed E-state index contributed by atoms with van der Waals surface area (Å²) in [5.41, 5.74) is 2.15. The van der Waals surface area contributed by atoms with Gasteiger partial charge >= 0.3 is 23.0 Å². The van der Waals surface area contributed by atoms with Crippen LogP contribution >= 0.6 is 0 Å². The molecule has 2 aromatic carbocycles. The fourth-order valence-electron chi connectivity index (χ4n) is 1.65. The molecule has 0 saturated carbocycles. The normalized spacial score (nSPS) is 9.19. The summed E-state index contributed by atoms with van der Waals surface area (Å²) in [4.78, 5) is 11.3. The third-order valence-corrected chi connectivity index (χ3v) is 2.59. The van der Waals surface area contributed by atoms with E-state index >= 15 is 0 Å². The molecule has 1 heterocycles. The molecular formula is C16H16FeN2O2. The number of aromatic amines is 1. The zero-order valence-corrected chi connectivity index (χ0v) is 12.7. The van der Waals surface area contributed by atoms with E-state index in [2.05, 4.69) is 10.2 Å². The van der Waals surface area contributed by atoms with Crippen LogP contribution in [0.2, 0.25) is 0 Å². The number of ether oxygens (including phenoxy) is 1. The third-order valence-electron chi connectivity index (χ3n) is 2.59. The van der Waals surface area contributed by atoms with E-state index in [0.29, 0.717) is 12.3 Å². The van der Waals surface area contributed by atoms with Gasteiger partial charge in [0.15, 0.2) is 0 Å². The molecule has 0 aliphatic carbocycles. The quantitative estimate of drug-likeness (QED) is 0.456. The smallest absolute Gasteiger partial charge is 0.462 e. The summed E-state index contributed by atoms with van der Waals surface area (Å²) in [5.74, 6) is -0.397. The van der Waals surface area contributed by atoms with Gasteiger partial charge in [-0.15, -0.1) is 12.1 Å². The molecule has 0 atom stereocenters. The fraction of sp³-hybridized carbons (Fsp3) is 0.125. The molecule has 1 N–H and O–H groups in total. The second-order valence-electron chi connectivity index (χ2n) is 4.02. The Morgan fingerprint density at radius 3 is 2.48 bits per heavy atom. The Morgan fingerprint density at radius 1 is 1.29 bits per heavy atom. The van der Waals surface area contributed by atoms with Crippen molar-refractivity contribution in [2.75, 3.05) is 6.61 Å². The maximum absolute atomic E-state index is 11.3. The zero-order valence-electron chi connectivity index (χ0n) is 11.6. The number of carbonyl (C=O) groups is 1. The molecule has 1 aromatic heterocycles. The Kier molecular flexibility index (Phi) is 7.22. The van der Waals surface area contributed by atoms with E-state index in [1.165, 1.54) is 0 Å². The van der Waals surface area contributed by atoms with Crippen molar-refractivity contribution in [1.82, 2.24) is 10.2 Å². The van der Waals surface area contributed by atoms with Crippen molar-refractivity contribution in [3.8, 4) is 11.3 Å². The topological polar surface area (TPSA) is 55.0 Å². The summed E-state index contributed by atoms with van der Waals surface area (Å²) in [7, 11) is 0. The molecule has 0 radical (unpaired) electrons. The average Bonchev–Trinajstić information content (AvgIpc) is 3.21. The second-order valence-corrected chi connectivity index (χ2v) is 4.02. The van der Waals surface area contributed by atoms with Gasteiger partial charge in [0, 0.05) is 0 Å². The molecule has 0 spiro atoms. The van der Waals surface area contributed by atoms with E-state index in [0.717, 1.165) is 11.3 Å². The van der Waals surface area contributed by atoms with Crippen molar-refractivity contribution in [3.63, 3.8) is 0 Å². The minimum Gasteiger partial charge on any atom is -0.462 e. The van der Waals surface area contributed by atoms with Crippen molar-refractivity contribution >= 4 is 5.97 Å². The molecule has 0 aliphatic heterocycles. The number of nitrogens with one attached hydrogen (secondary N) is 1. The van der Waals surface area contributed by atoms with E-state index in [-0.39, 0.29) is 17.1 Å². The Morgan fingerprint density at radius 2 is 1.95 bits per heavy atom. The summed E-state index contributed by atoms with van der Waals surface area (Å²) in [6, 6.07) is 19.4. The van der Waals surface area contributed by atoms with Crippen LogP contribution in [0.5, 0.6) is 0 Å². The third kappa shape index (κ3) is 5.06. The molecule has 5 heteroatoms.